The Labute approximate surface area is 111 Å². The minimum Gasteiger partial charge on any atom is -0.398 e. The number of fused-ring (bicyclic) bond motifs is 1. The molecule has 3 rings (SSSR count). The van der Waals surface area contributed by atoms with E-state index < -0.39 is 0 Å². The Balaban J connectivity index is 1.79. The lowest BCUT2D eigenvalue weighted by molar-refractivity contribution is -0.124. The van der Waals surface area contributed by atoms with Crippen LogP contribution in [0.1, 0.15) is 18.4 Å². The molecule has 0 radical (unpaired) electrons. The van der Waals surface area contributed by atoms with Gasteiger partial charge in [-0.15, -0.1) is 0 Å². The Morgan fingerprint density at radius 3 is 3.16 bits per heavy atom. The van der Waals surface area contributed by atoms with Crippen molar-refractivity contribution in [2.24, 2.45) is 5.92 Å². The molecular formula is C14H18FN3O. The summed E-state index contributed by atoms with van der Waals surface area (Å²) in [5.74, 6) is -0.0242. The normalized spacial score (nSPS) is 27.1. The zero-order valence-corrected chi connectivity index (χ0v) is 10.7. The second-order valence-corrected chi connectivity index (χ2v) is 5.37. The predicted molar refractivity (Wildman–Crippen MR) is 70.7 cm³/mol. The molecule has 2 fully saturated rings. The molecule has 2 unspecified atom stereocenters. The molecule has 2 aliphatic rings. The molecule has 0 aromatic heterocycles. The second-order valence-electron chi connectivity index (χ2n) is 5.37. The van der Waals surface area contributed by atoms with Crippen molar-refractivity contribution in [2.75, 3.05) is 18.8 Å². The lowest BCUT2D eigenvalue weighted by Crippen LogP contribution is -2.45. The van der Waals surface area contributed by atoms with Gasteiger partial charge in [-0.1, -0.05) is 0 Å². The van der Waals surface area contributed by atoms with Crippen LogP contribution in [0.3, 0.4) is 0 Å². The number of halogens is 1. The molecule has 0 bridgehead atoms. The molecule has 102 valence electrons. The highest BCUT2D eigenvalue weighted by Crippen LogP contribution is 2.29. The van der Waals surface area contributed by atoms with E-state index in [1.54, 1.807) is 6.07 Å². The van der Waals surface area contributed by atoms with Gasteiger partial charge in [0.05, 0.1) is 5.92 Å². The van der Waals surface area contributed by atoms with E-state index in [2.05, 4.69) is 10.2 Å². The average Bonchev–Trinajstić information content (AvgIpc) is 2.77. The number of carbonyl (C=O) groups is 1. The number of nitrogens with zero attached hydrogens (tertiary/aromatic N) is 1. The number of hydrogen-bond donors (Lipinski definition) is 2. The number of carbonyl (C=O) groups excluding carboxylic acids is 1. The number of piperidine rings is 1. The molecule has 0 saturated carbocycles. The van der Waals surface area contributed by atoms with Gasteiger partial charge in [0.2, 0.25) is 5.91 Å². The highest BCUT2D eigenvalue weighted by Gasteiger charge is 2.40. The van der Waals surface area contributed by atoms with Crippen LogP contribution >= 0.6 is 0 Å². The Morgan fingerprint density at radius 1 is 1.47 bits per heavy atom. The summed E-state index contributed by atoms with van der Waals surface area (Å²) in [7, 11) is 0. The molecule has 0 aliphatic carbocycles. The van der Waals surface area contributed by atoms with Crippen LogP contribution < -0.4 is 11.1 Å². The van der Waals surface area contributed by atoms with Crippen LogP contribution in [0, 0.1) is 11.7 Å². The highest BCUT2D eigenvalue weighted by atomic mass is 19.1. The smallest absolute Gasteiger partial charge is 0.224 e. The molecule has 0 spiro atoms. The number of anilines is 1. The first-order valence-electron chi connectivity index (χ1n) is 6.71. The number of likely N-dealkylation sites (tertiary alicyclic amines) is 1. The fourth-order valence-corrected chi connectivity index (χ4v) is 3.17. The molecule has 1 aromatic carbocycles. The van der Waals surface area contributed by atoms with Crippen molar-refractivity contribution in [2.45, 2.75) is 25.4 Å². The van der Waals surface area contributed by atoms with Crippen molar-refractivity contribution >= 4 is 11.6 Å². The van der Waals surface area contributed by atoms with Crippen LogP contribution in [0.15, 0.2) is 18.2 Å². The van der Waals surface area contributed by atoms with Gasteiger partial charge in [0.15, 0.2) is 0 Å². The Morgan fingerprint density at radius 2 is 2.32 bits per heavy atom. The van der Waals surface area contributed by atoms with E-state index in [0.717, 1.165) is 24.9 Å². The van der Waals surface area contributed by atoms with E-state index in [0.29, 0.717) is 18.8 Å². The topological polar surface area (TPSA) is 58.4 Å². The standard InChI is InChI=1S/C14H18FN3O/c15-10-3-4-12(16)9(6-10)8-18-5-1-2-11-13(18)7-17-14(11)19/h3-4,6,11,13H,1-2,5,7-8,16H2,(H,17,19). The van der Waals surface area contributed by atoms with Gasteiger partial charge in [-0.3, -0.25) is 9.69 Å². The number of nitrogens with two attached hydrogens (primary N) is 1. The molecule has 4 nitrogen and oxygen atoms in total. The first-order chi connectivity index (χ1) is 9.15. The first kappa shape index (κ1) is 12.4. The van der Waals surface area contributed by atoms with Gasteiger partial charge < -0.3 is 11.1 Å². The summed E-state index contributed by atoms with van der Waals surface area (Å²) in [6.07, 6.45) is 1.95. The van der Waals surface area contributed by atoms with E-state index in [9.17, 15) is 9.18 Å². The Bertz CT molecular complexity index is 505. The Hall–Kier alpha value is -1.62. The van der Waals surface area contributed by atoms with E-state index >= 15 is 0 Å². The number of nitrogens with one attached hydrogen (secondary N) is 1. The van der Waals surface area contributed by atoms with Gasteiger partial charge in [-0.2, -0.15) is 0 Å². The largest absolute Gasteiger partial charge is 0.398 e. The number of benzene rings is 1. The number of rotatable bonds is 2. The van der Waals surface area contributed by atoms with E-state index in [-0.39, 0.29) is 23.7 Å². The quantitative estimate of drug-likeness (QED) is 0.786. The number of amides is 1. The first-order valence-corrected chi connectivity index (χ1v) is 6.71. The van der Waals surface area contributed by atoms with Crippen LogP contribution in [0.2, 0.25) is 0 Å². The van der Waals surface area contributed by atoms with Gasteiger partial charge >= 0.3 is 0 Å². The van der Waals surface area contributed by atoms with Gasteiger partial charge in [0, 0.05) is 24.8 Å². The van der Waals surface area contributed by atoms with E-state index in [1.807, 2.05) is 0 Å². The molecule has 1 aromatic rings. The van der Waals surface area contributed by atoms with Crippen molar-refractivity contribution < 1.29 is 9.18 Å². The monoisotopic (exact) mass is 263 g/mol. The minimum absolute atomic E-state index is 0.0866. The minimum atomic E-state index is -0.265. The van der Waals surface area contributed by atoms with Gasteiger partial charge in [0.1, 0.15) is 5.82 Å². The maximum absolute atomic E-state index is 13.3. The summed E-state index contributed by atoms with van der Waals surface area (Å²) in [5.41, 5.74) is 7.31. The van der Waals surface area contributed by atoms with Crippen molar-refractivity contribution in [3.63, 3.8) is 0 Å². The summed E-state index contributed by atoms with van der Waals surface area (Å²) in [4.78, 5) is 14.0. The predicted octanol–water partition coefficient (Wildman–Crippen LogP) is 1.12. The number of hydrogen-bond acceptors (Lipinski definition) is 3. The molecule has 19 heavy (non-hydrogen) atoms. The summed E-state index contributed by atoms with van der Waals surface area (Å²) >= 11 is 0. The van der Waals surface area contributed by atoms with Gasteiger partial charge in [0.25, 0.3) is 0 Å². The van der Waals surface area contributed by atoms with Crippen molar-refractivity contribution in [3.8, 4) is 0 Å². The Kier molecular flexibility index (Phi) is 3.14. The van der Waals surface area contributed by atoms with Crippen LogP contribution in [-0.4, -0.2) is 29.9 Å². The molecule has 1 amide bonds. The average molecular weight is 263 g/mol. The summed E-state index contributed by atoms with van der Waals surface area (Å²) in [6, 6.07) is 4.69. The summed E-state index contributed by atoms with van der Waals surface area (Å²) in [6.45, 7) is 2.24. The van der Waals surface area contributed by atoms with Crippen molar-refractivity contribution in [1.29, 1.82) is 0 Å². The molecule has 2 atom stereocenters. The fraction of sp³-hybridized carbons (Fsp3) is 0.500. The summed E-state index contributed by atoms with van der Waals surface area (Å²) < 4.78 is 13.3. The lowest BCUT2D eigenvalue weighted by atomic mass is 9.91. The van der Waals surface area contributed by atoms with Gasteiger partial charge in [-0.25, -0.2) is 4.39 Å². The zero-order valence-electron chi connectivity index (χ0n) is 10.7. The molecule has 2 heterocycles. The van der Waals surface area contributed by atoms with Crippen LogP contribution in [0.4, 0.5) is 10.1 Å². The SMILES string of the molecule is Nc1ccc(F)cc1CN1CCCC2C(=O)NCC21. The third kappa shape index (κ3) is 2.30. The van der Waals surface area contributed by atoms with Crippen molar-refractivity contribution in [1.82, 2.24) is 10.2 Å². The van der Waals surface area contributed by atoms with E-state index in [1.165, 1.54) is 12.1 Å². The van der Waals surface area contributed by atoms with E-state index in [4.69, 9.17) is 5.73 Å². The third-order valence-corrected chi connectivity index (χ3v) is 4.19. The zero-order chi connectivity index (χ0) is 13.4. The third-order valence-electron chi connectivity index (χ3n) is 4.19. The molecule has 2 aliphatic heterocycles. The lowest BCUT2D eigenvalue weighted by Gasteiger charge is -2.36. The molecule has 2 saturated heterocycles. The number of nitrogen functional groups attached to an aromatic ring is 1. The highest BCUT2D eigenvalue weighted by molar-refractivity contribution is 5.82. The second kappa shape index (κ2) is 4.81. The molecule has 5 heteroatoms. The van der Waals surface area contributed by atoms with Crippen LogP contribution in [-0.2, 0) is 11.3 Å². The van der Waals surface area contributed by atoms with Crippen molar-refractivity contribution in [3.05, 3.63) is 29.6 Å². The molecule has 3 N–H and O–H groups in total. The maximum atomic E-state index is 13.3. The van der Waals surface area contributed by atoms with Crippen LogP contribution in [0.5, 0.6) is 0 Å². The van der Waals surface area contributed by atoms with Crippen LogP contribution in [0.25, 0.3) is 0 Å². The molecular weight excluding hydrogens is 245 g/mol. The maximum Gasteiger partial charge on any atom is 0.224 e. The fourth-order valence-electron chi connectivity index (χ4n) is 3.17. The summed E-state index contributed by atoms with van der Waals surface area (Å²) in [5, 5.41) is 2.92. The van der Waals surface area contributed by atoms with Gasteiger partial charge in [-0.05, 0) is 43.1 Å².